The zero-order valence-corrected chi connectivity index (χ0v) is 13.5. The van der Waals surface area contributed by atoms with Crippen LogP contribution >= 0.6 is 0 Å². The van der Waals surface area contributed by atoms with E-state index in [2.05, 4.69) is 67.8 Å². The monoisotopic (exact) mass is 289 g/mol. The van der Waals surface area contributed by atoms with Gasteiger partial charge in [0.05, 0.1) is 0 Å². The standard InChI is InChI=1S/C21H23N/c1-15(2)18-5-4-6-19-20(18)22(14-21(19)11-12-21)13-17-9-7-16(3)8-10-17/h4-10H,1,11-14H2,2-3H3. The van der Waals surface area contributed by atoms with E-state index in [9.17, 15) is 0 Å². The van der Waals surface area contributed by atoms with Crippen LogP contribution in [-0.2, 0) is 12.0 Å². The second-order valence-electron chi connectivity index (χ2n) is 7.10. The molecule has 1 spiro atoms. The normalized spacial score (nSPS) is 17.6. The molecule has 0 atom stereocenters. The largest absolute Gasteiger partial charge is 0.366 e. The lowest BCUT2D eigenvalue weighted by Crippen LogP contribution is -2.24. The van der Waals surface area contributed by atoms with Gasteiger partial charge in [-0.1, -0.05) is 54.6 Å². The Labute approximate surface area is 133 Å². The summed E-state index contributed by atoms with van der Waals surface area (Å²) >= 11 is 0. The van der Waals surface area contributed by atoms with E-state index in [1.807, 2.05) is 0 Å². The molecule has 0 aromatic heterocycles. The van der Waals surface area contributed by atoms with Crippen LogP contribution in [0.1, 0.15) is 42.0 Å². The van der Waals surface area contributed by atoms with E-state index in [0.717, 1.165) is 6.54 Å². The maximum atomic E-state index is 4.20. The Morgan fingerprint density at radius 3 is 2.50 bits per heavy atom. The summed E-state index contributed by atoms with van der Waals surface area (Å²) in [5, 5.41) is 0. The molecule has 1 saturated carbocycles. The summed E-state index contributed by atoms with van der Waals surface area (Å²) in [6, 6.07) is 15.7. The summed E-state index contributed by atoms with van der Waals surface area (Å²) in [7, 11) is 0. The summed E-state index contributed by atoms with van der Waals surface area (Å²) in [6.45, 7) is 10.6. The van der Waals surface area contributed by atoms with Gasteiger partial charge in [-0.05, 0) is 43.4 Å². The van der Waals surface area contributed by atoms with Gasteiger partial charge in [-0.15, -0.1) is 0 Å². The molecule has 2 aromatic rings. The first kappa shape index (κ1) is 13.6. The highest BCUT2D eigenvalue weighted by molar-refractivity contribution is 5.81. The number of nitrogens with zero attached hydrogens (tertiary/aromatic N) is 1. The number of hydrogen-bond donors (Lipinski definition) is 0. The van der Waals surface area contributed by atoms with Gasteiger partial charge >= 0.3 is 0 Å². The van der Waals surface area contributed by atoms with Crippen molar-refractivity contribution in [3.8, 4) is 0 Å². The van der Waals surface area contributed by atoms with Gasteiger partial charge in [0, 0.05) is 29.8 Å². The molecule has 0 unspecified atom stereocenters. The van der Waals surface area contributed by atoms with Gasteiger partial charge in [0.15, 0.2) is 0 Å². The summed E-state index contributed by atoms with van der Waals surface area (Å²) in [6.07, 6.45) is 2.67. The average molecular weight is 289 g/mol. The molecule has 1 aliphatic carbocycles. The summed E-state index contributed by atoms with van der Waals surface area (Å²) in [5.41, 5.74) is 8.65. The third-order valence-corrected chi connectivity index (χ3v) is 5.22. The van der Waals surface area contributed by atoms with Crippen molar-refractivity contribution < 1.29 is 0 Å². The number of fused-ring (bicyclic) bond motifs is 2. The van der Waals surface area contributed by atoms with E-state index in [1.165, 1.54) is 47.3 Å². The van der Waals surface area contributed by atoms with Gasteiger partial charge in [0.25, 0.3) is 0 Å². The summed E-state index contributed by atoms with van der Waals surface area (Å²) in [5.74, 6) is 0. The Morgan fingerprint density at radius 1 is 1.14 bits per heavy atom. The van der Waals surface area contributed by atoms with Crippen LogP contribution < -0.4 is 4.90 Å². The fourth-order valence-electron chi connectivity index (χ4n) is 3.81. The highest BCUT2D eigenvalue weighted by Crippen LogP contribution is 2.58. The maximum absolute atomic E-state index is 4.20. The molecule has 1 heterocycles. The number of anilines is 1. The van der Waals surface area contributed by atoms with E-state index >= 15 is 0 Å². The molecule has 0 radical (unpaired) electrons. The van der Waals surface area contributed by atoms with Gasteiger partial charge < -0.3 is 4.90 Å². The number of allylic oxidation sites excluding steroid dienone is 1. The van der Waals surface area contributed by atoms with Crippen LogP contribution in [0.25, 0.3) is 5.57 Å². The van der Waals surface area contributed by atoms with Gasteiger partial charge in [-0.2, -0.15) is 0 Å². The van der Waals surface area contributed by atoms with E-state index in [0.29, 0.717) is 5.41 Å². The van der Waals surface area contributed by atoms with Gasteiger partial charge in [-0.3, -0.25) is 0 Å². The van der Waals surface area contributed by atoms with Crippen molar-refractivity contribution in [2.75, 3.05) is 11.4 Å². The Morgan fingerprint density at radius 2 is 1.86 bits per heavy atom. The molecule has 1 heteroatoms. The molecule has 0 amide bonds. The van der Waals surface area contributed by atoms with Gasteiger partial charge in [0.1, 0.15) is 0 Å². The molecule has 2 aromatic carbocycles. The van der Waals surface area contributed by atoms with Crippen LogP contribution in [0, 0.1) is 6.92 Å². The van der Waals surface area contributed by atoms with Crippen molar-refractivity contribution in [2.24, 2.45) is 0 Å². The van der Waals surface area contributed by atoms with E-state index in [-0.39, 0.29) is 0 Å². The number of rotatable bonds is 3. The minimum absolute atomic E-state index is 0.436. The fraction of sp³-hybridized carbons (Fsp3) is 0.333. The lowest BCUT2D eigenvalue weighted by Gasteiger charge is -2.23. The second kappa shape index (κ2) is 4.74. The Hall–Kier alpha value is -2.02. The third kappa shape index (κ3) is 2.08. The number of benzene rings is 2. The third-order valence-electron chi connectivity index (χ3n) is 5.22. The van der Waals surface area contributed by atoms with Crippen LogP contribution in [0.3, 0.4) is 0 Å². The van der Waals surface area contributed by atoms with Crippen molar-refractivity contribution in [3.05, 3.63) is 71.3 Å². The van der Waals surface area contributed by atoms with E-state index in [4.69, 9.17) is 0 Å². The van der Waals surface area contributed by atoms with Crippen molar-refractivity contribution in [2.45, 2.75) is 38.6 Å². The number of para-hydroxylation sites is 1. The quantitative estimate of drug-likeness (QED) is 0.761. The van der Waals surface area contributed by atoms with Crippen LogP contribution in [0.2, 0.25) is 0 Å². The van der Waals surface area contributed by atoms with Crippen molar-refractivity contribution in [3.63, 3.8) is 0 Å². The van der Waals surface area contributed by atoms with Crippen molar-refractivity contribution in [1.29, 1.82) is 0 Å². The first-order chi connectivity index (χ1) is 10.6. The molecule has 0 bridgehead atoms. The molecule has 1 aliphatic heterocycles. The van der Waals surface area contributed by atoms with Crippen LogP contribution in [0.4, 0.5) is 5.69 Å². The van der Waals surface area contributed by atoms with Crippen LogP contribution in [0.15, 0.2) is 49.0 Å². The predicted octanol–water partition coefficient (Wildman–Crippen LogP) is 5.08. The van der Waals surface area contributed by atoms with Crippen LogP contribution in [0.5, 0.6) is 0 Å². The highest BCUT2D eigenvalue weighted by atomic mass is 15.2. The second-order valence-corrected chi connectivity index (χ2v) is 7.10. The molecule has 1 fully saturated rings. The molecular formula is C21H23N. The lowest BCUT2D eigenvalue weighted by atomic mass is 9.95. The summed E-state index contributed by atoms with van der Waals surface area (Å²) in [4.78, 5) is 2.58. The lowest BCUT2D eigenvalue weighted by molar-refractivity contribution is 0.695. The Kier molecular flexibility index (Phi) is 2.94. The molecular weight excluding hydrogens is 266 g/mol. The zero-order chi connectivity index (χ0) is 15.3. The predicted molar refractivity (Wildman–Crippen MR) is 94.3 cm³/mol. The zero-order valence-electron chi connectivity index (χ0n) is 13.5. The SMILES string of the molecule is C=C(C)c1cccc2c1N(Cc1ccc(C)cc1)CC21CC1. The molecule has 4 rings (SSSR count). The molecule has 112 valence electrons. The highest BCUT2D eigenvalue weighted by Gasteiger charge is 2.52. The Balaban J connectivity index is 1.74. The van der Waals surface area contributed by atoms with E-state index in [1.54, 1.807) is 5.56 Å². The number of aryl methyl sites for hydroxylation is 1. The summed E-state index contributed by atoms with van der Waals surface area (Å²) < 4.78 is 0. The molecule has 22 heavy (non-hydrogen) atoms. The van der Waals surface area contributed by atoms with Crippen LogP contribution in [-0.4, -0.2) is 6.54 Å². The maximum Gasteiger partial charge on any atom is 0.0484 e. The minimum Gasteiger partial charge on any atom is -0.366 e. The topological polar surface area (TPSA) is 3.24 Å². The van der Waals surface area contributed by atoms with Crippen molar-refractivity contribution in [1.82, 2.24) is 0 Å². The number of hydrogen-bond acceptors (Lipinski definition) is 1. The Bertz CT molecular complexity index is 735. The first-order valence-electron chi connectivity index (χ1n) is 8.19. The smallest absolute Gasteiger partial charge is 0.0484 e. The van der Waals surface area contributed by atoms with Gasteiger partial charge in [-0.25, -0.2) is 0 Å². The average Bonchev–Trinajstić information content (AvgIpc) is 3.21. The molecule has 2 aliphatic rings. The van der Waals surface area contributed by atoms with Gasteiger partial charge in [0.2, 0.25) is 0 Å². The molecule has 0 N–H and O–H groups in total. The molecule has 1 nitrogen and oxygen atoms in total. The van der Waals surface area contributed by atoms with Crippen molar-refractivity contribution >= 4 is 11.3 Å². The molecule has 0 saturated heterocycles. The fourth-order valence-corrected chi connectivity index (χ4v) is 3.81. The van der Waals surface area contributed by atoms with E-state index < -0.39 is 0 Å². The minimum atomic E-state index is 0.436. The first-order valence-corrected chi connectivity index (χ1v) is 8.19.